The van der Waals surface area contributed by atoms with Gasteiger partial charge in [0.05, 0.1) is 38.7 Å². The molecule has 1 heterocycles. The van der Waals surface area contributed by atoms with Gasteiger partial charge in [-0.2, -0.15) is 14.0 Å². The van der Waals surface area contributed by atoms with Gasteiger partial charge in [0.1, 0.15) is 0 Å². The second-order valence-electron chi connectivity index (χ2n) is 5.11. The topological polar surface area (TPSA) is 89.4 Å². The first-order chi connectivity index (χ1) is 9.37. The Morgan fingerprint density at radius 3 is 2.05 bits per heavy atom. The van der Waals surface area contributed by atoms with Crippen molar-refractivity contribution >= 4 is 12.6 Å². The molecule has 114 valence electrons. The van der Waals surface area contributed by atoms with E-state index in [1.807, 2.05) is 0 Å². The number of unbranched alkanes of at least 4 members (excludes halogenated alkanes) is 1. The highest BCUT2D eigenvalue weighted by Gasteiger charge is 2.42. The van der Waals surface area contributed by atoms with E-state index in [0.717, 1.165) is 0 Å². The summed E-state index contributed by atoms with van der Waals surface area (Å²) in [5, 5.41) is 1.70. The van der Waals surface area contributed by atoms with E-state index < -0.39 is 17.5 Å². The predicted octanol–water partition coefficient (Wildman–Crippen LogP) is -0.201. The fourth-order valence-electron chi connectivity index (χ4n) is 2.76. The molecule has 1 aromatic carbocycles. The minimum absolute atomic E-state index is 0.716. The Hall–Kier alpha value is -0.220. The summed E-state index contributed by atoms with van der Waals surface area (Å²) in [6.07, 6.45) is 10.3. The maximum Gasteiger partial charge on any atom is 0.0939 e. The maximum atomic E-state index is 8.60. The lowest BCUT2D eigenvalue weighted by molar-refractivity contribution is -1.92. The fraction of sp³-hybridized carbons (Fsp3) is 0.571. The van der Waals surface area contributed by atoms with Crippen molar-refractivity contribution in [2.45, 2.75) is 32.6 Å². The van der Waals surface area contributed by atoms with Crippen molar-refractivity contribution in [3.63, 3.8) is 0 Å². The molecule has 1 N–H and O–H groups in total. The molecule has 0 aliphatic carbocycles. The number of rotatable bonds is 4. The van der Waals surface area contributed by atoms with E-state index in [9.17, 15) is 0 Å². The predicted molar refractivity (Wildman–Crippen MR) is 74.0 cm³/mol. The van der Waals surface area contributed by atoms with E-state index >= 15 is 0 Å². The van der Waals surface area contributed by atoms with Gasteiger partial charge in [0.25, 0.3) is 0 Å². The van der Waals surface area contributed by atoms with E-state index in [4.69, 9.17) is 18.6 Å². The lowest BCUT2D eigenvalue weighted by atomic mass is 10.4. The molecule has 0 bridgehead atoms. The lowest BCUT2D eigenvalue weighted by Gasteiger charge is -2.21. The number of hydrogen-bond donors (Lipinski definition) is 1. The average Bonchev–Trinajstić information content (AvgIpc) is 2.85. The molecule has 0 radical (unpaired) electrons. The summed E-state index contributed by atoms with van der Waals surface area (Å²) in [4.78, 5) is 0. The molecular weight excluding hydrogens is 299 g/mol. The first kappa shape index (κ1) is 17.8. The average molecular weight is 322 g/mol. The molecule has 1 aromatic rings. The Bertz CT molecular complexity index is 369. The van der Waals surface area contributed by atoms with Crippen LogP contribution >= 0.6 is 7.26 Å². The monoisotopic (exact) mass is 321 g/mol. The summed E-state index contributed by atoms with van der Waals surface area (Å²) in [5.41, 5.74) is 0. The second-order valence-corrected chi connectivity index (χ2v) is 10.0. The van der Waals surface area contributed by atoms with E-state index in [2.05, 4.69) is 37.3 Å². The van der Waals surface area contributed by atoms with Crippen LogP contribution in [0.3, 0.4) is 0 Å². The van der Waals surface area contributed by atoms with Crippen LogP contribution in [0.15, 0.2) is 30.3 Å². The molecule has 1 fully saturated rings. The molecule has 2 rings (SSSR count). The van der Waals surface area contributed by atoms with Gasteiger partial charge in [-0.05, 0) is 31.4 Å². The van der Waals surface area contributed by atoms with Gasteiger partial charge in [-0.1, -0.05) is 31.5 Å². The van der Waals surface area contributed by atoms with Crippen molar-refractivity contribution in [1.82, 2.24) is 0 Å². The molecule has 1 saturated heterocycles. The van der Waals surface area contributed by atoms with Gasteiger partial charge in [-0.3, -0.25) is 0 Å². The first-order valence-electron chi connectivity index (χ1n) is 6.92. The molecule has 4 nitrogen and oxygen atoms in total. The zero-order valence-corrected chi connectivity index (χ0v) is 13.5. The Balaban J connectivity index is 0.000000347. The van der Waals surface area contributed by atoms with E-state index in [1.165, 1.54) is 44.2 Å². The van der Waals surface area contributed by atoms with Crippen molar-refractivity contribution in [2.75, 3.05) is 18.5 Å². The van der Waals surface area contributed by atoms with Crippen molar-refractivity contribution in [3.8, 4) is 0 Å². The van der Waals surface area contributed by atoms with Crippen molar-refractivity contribution in [3.05, 3.63) is 30.3 Å². The third-order valence-corrected chi connectivity index (χ3v) is 8.58. The normalized spacial score (nSPS) is 17.4. The van der Waals surface area contributed by atoms with Gasteiger partial charge < -0.3 is 0 Å². The molecule has 0 unspecified atom stereocenters. The minimum Gasteiger partial charge on any atom is -0.183 e. The smallest absolute Gasteiger partial charge is 0.0939 e. The second kappa shape index (κ2) is 8.28. The van der Waals surface area contributed by atoms with E-state index in [1.54, 1.807) is 5.30 Å². The number of benzene rings is 1. The van der Waals surface area contributed by atoms with Gasteiger partial charge in [0.15, 0.2) is 0 Å². The van der Waals surface area contributed by atoms with Crippen molar-refractivity contribution in [2.24, 2.45) is 0 Å². The zero-order valence-electron chi connectivity index (χ0n) is 11.8. The Morgan fingerprint density at radius 2 is 1.60 bits per heavy atom. The summed E-state index contributed by atoms with van der Waals surface area (Å²) in [7, 11) is -5.41. The molecule has 1 aliphatic rings. The summed E-state index contributed by atoms with van der Waals surface area (Å²) in [6, 6.07) is 11.4. The van der Waals surface area contributed by atoms with Crippen LogP contribution < -0.4 is 19.3 Å². The quantitative estimate of drug-likeness (QED) is 0.778. The third kappa shape index (κ3) is 6.49. The van der Waals surface area contributed by atoms with Crippen molar-refractivity contribution in [1.29, 1.82) is 0 Å². The van der Waals surface area contributed by atoms with Gasteiger partial charge >= 0.3 is 0 Å². The molecule has 1 aliphatic heterocycles. The molecule has 20 heavy (non-hydrogen) atoms. The van der Waals surface area contributed by atoms with Crippen LogP contribution in [0.5, 0.6) is 0 Å². The zero-order chi connectivity index (χ0) is 15.1. The lowest BCUT2D eigenvalue weighted by Crippen LogP contribution is -2.58. The Labute approximate surface area is 123 Å². The van der Waals surface area contributed by atoms with Gasteiger partial charge in [0.2, 0.25) is 0 Å². The van der Waals surface area contributed by atoms with Crippen LogP contribution in [0.4, 0.5) is 0 Å². The molecule has 0 amide bonds. The fourth-order valence-corrected chi connectivity index (χ4v) is 7.59. The van der Waals surface area contributed by atoms with E-state index in [0.29, 0.717) is 0 Å². The van der Waals surface area contributed by atoms with Crippen LogP contribution in [0.25, 0.3) is 0 Å². The third-order valence-electron chi connectivity index (χ3n) is 3.67. The van der Waals surface area contributed by atoms with Gasteiger partial charge in [-0.15, -0.1) is 0 Å². The number of halogens is 1. The summed E-state index contributed by atoms with van der Waals surface area (Å²) in [6.45, 7) is 2.32. The maximum absolute atomic E-state index is 8.60. The highest BCUT2D eigenvalue weighted by atomic mass is 35.7. The Kier molecular flexibility index (Phi) is 7.38. The summed E-state index contributed by atoms with van der Waals surface area (Å²) in [5.74, 6) is 0. The van der Waals surface area contributed by atoms with Crippen LogP contribution in [-0.4, -0.2) is 23.1 Å². The van der Waals surface area contributed by atoms with Crippen LogP contribution in [0.1, 0.15) is 32.6 Å². The highest BCUT2D eigenvalue weighted by molar-refractivity contribution is 7.83. The molecule has 0 spiro atoms. The SMILES string of the molecule is CCCC[P+]1(c2ccccc2)CCCC1.[O-][Cl+3]([O-])([O-])O. The molecule has 6 heteroatoms. The van der Waals surface area contributed by atoms with Gasteiger partial charge in [-0.25, -0.2) is 0 Å². The van der Waals surface area contributed by atoms with Crippen LogP contribution in [0.2, 0.25) is 0 Å². The molecular formula is C14H23ClO4P+. The minimum atomic E-state index is -4.69. The van der Waals surface area contributed by atoms with Crippen molar-refractivity contribution < 1.29 is 28.9 Å². The molecule has 0 saturated carbocycles. The number of hydrogen-bond acceptors (Lipinski definition) is 4. The largest absolute Gasteiger partial charge is 0.183 e. The van der Waals surface area contributed by atoms with Crippen LogP contribution in [-0.2, 0) is 0 Å². The summed E-state index contributed by atoms with van der Waals surface area (Å²) >= 11 is 0. The summed E-state index contributed by atoms with van der Waals surface area (Å²) < 4.78 is 32.7. The van der Waals surface area contributed by atoms with Crippen LogP contribution in [0, 0.1) is 10.2 Å². The Morgan fingerprint density at radius 1 is 1.10 bits per heavy atom. The molecule has 0 aromatic heterocycles. The standard InChI is InChI=1S/C14H22P.ClHO4/c1-2-3-11-15(12-7-8-13-15)14-9-5-4-6-10-14;2-1(3,4)5/h4-6,9-10H,2-3,7-8,11-13H2,1H3;(H,2,3,4,5)/q+1;. The van der Waals surface area contributed by atoms with Gasteiger partial charge in [0, 0.05) is 7.26 Å². The first-order valence-corrected chi connectivity index (χ1v) is 10.5. The molecule has 0 atom stereocenters. The highest BCUT2D eigenvalue weighted by Crippen LogP contribution is 2.62. The van der Waals surface area contributed by atoms with E-state index in [-0.39, 0.29) is 0 Å².